The van der Waals surface area contributed by atoms with E-state index in [1.54, 1.807) is 12.1 Å². The normalized spacial score (nSPS) is 14.5. The van der Waals surface area contributed by atoms with Gasteiger partial charge >= 0.3 is 5.97 Å². The molecule has 1 aliphatic heterocycles. The number of aryl methyl sites for hydroxylation is 1. The SMILES string of the molecule is Cn1nc(CC(=O)N2CCN(c3ccc(C(=O)O)cn3)CC2)c2ccccc21. The predicted molar refractivity (Wildman–Crippen MR) is 104 cm³/mol. The van der Waals surface area contributed by atoms with Crippen LogP contribution in [0.4, 0.5) is 5.82 Å². The maximum Gasteiger partial charge on any atom is 0.337 e. The van der Waals surface area contributed by atoms with Crippen LogP contribution >= 0.6 is 0 Å². The van der Waals surface area contributed by atoms with Crippen LogP contribution in [-0.2, 0) is 18.3 Å². The van der Waals surface area contributed by atoms with E-state index in [9.17, 15) is 9.59 Å². The molecule has 1 fully saturated rings. The Bertz CT molecular complexity index is 1020. The smallest absolute Gasteiger partial charge is 0.337 e. The molecule has 4 rings (SSSR count). The van der Waals surface area contributed by atoms with Gasteiger partial charge in [0.05, 0.1) is 23.2 Å². The highest BCUT2D eigenvalue weighted by Crippen LogP contribution is 2.19. The number of fused-ring (bicyclic) bond motifs is 1. The molecule has 1 aromatic carbocycles. The minimum Gasteiger partial charge on any atom is -0.478 e. The fourth-order valence-electron chi connectivity index (χ4n) is 3.56. The Morgan fingerprint density at radius 3 is 2.50 bits per heavy atom. The van der Waals surface area contributed by atoms with E-state index in [0.29, 0.717) is 26.2 Å². The summed E-state index contributed by atoms with van der Waals surface area (Å²) in [6.07, 6.45) is 1.65. The molecular weight excluding hydrogens is 358 g/mol. The van der Waals surface area contributed by atoms with Crippen LogP contribution in [0, 0.1) is 0 Å². The van der Waals surface area contributed by atoms with E-state index in [4.69, 9.17) is 5.11 Å². The van der Waals surface area contributed by atoms with E-state index < -0.39 is 5.97 Å². The predicted octanol–water partition coefficient (Wildman–Crippen LogP) is 1.56. The number of para-hydroxylation sites is 1. The molecule has 28 heavy (non-hydrogen) atoms. The summed E-state index contributed by atoms with van der Waals surface area (Å²) in [5, 5.41) is 14.5. The van der Waals surface area contributed by atoms with E-state index in [-0.39, 0.29) is 17.9 Å². The molecule has 1 amide bonds. The first-order chi connectivity index (χ1) is 13.5. The second-order valence-corrected chi connectivity index (χ2v) is 6.84. The average molecular weight is 379 g/mol. The minimum absolute atomic E-state index is 0.0673. The third-order valence-corrected chi connectivity index (χ3v) is 5.10. The molecule has 1 N–H and O–H groups in total. The monoisotopic (exact) mass is 379 g/mol. The van der Waals surface area contributed by atoms with Crippen LogP contribution in [0.15, 0.2) is 42.6 Å². The fraction of sp³-hybridized carbons (Fsp3) is 0.300. The molecule has 0 unspecified atom stereocenters. The molecule has 3 aromatic rings. The Kier molecular flexibility index (Phi) is 4.68. The average Bonchev–Trinajstić information content (AvgIpc) is 3.04. The van der Waals surface area contributed by atoms with Crippen LogP contribution in [0.5, 0.6) is 0 Å². The molecule has 0 saturated carbocycles. The molecule has 0 bridgehead atoms. The van der Waals surface area contributed by atoms with Crippen molar-refractivity contribution in [3.63, 3.8) is 0 Å². The number of hydrogen-bond donors (Lipinski definition) is 1. The number of nitrogens with zero attached hydrogens (tertiary/aromatic N) is 5. The van der Waals surface area contributed by atoms with Gasteiger partial charge in [-0.25, -0.2) is 9.78 Å². The van der Waals surface area contributed by atoms with Crippen molar-refractivity contribution in [3.05, 3.63) is 53.9 Å². The Balaban J connectivity index is 1.39. The second kappa shape index (κ2) is 7.30. The van der Waals surface area contributed by atoms with Crippen molar-refractivity contribution in [1.29, 1.82) is 0 Å². The van der Waals surface area contributed by atoms with Gasteiger partial charge in [-0.2, -0.15) is 5.10 Å². The van der Waals surface area contributed by atoms with E-state index in [1.165, 1.54) is 6.20 Å². The van der Waals surface area contributed by atoms with Crippen molar-refractivity contribution in [2.75, 3.05) is 31.1 Å². The zero-order valence-corrected chi connectivity index (χ0v) is 15.6. The molecule has 1 saturated heterocycles. The number of anilines is 1. The molecule has 0 spiro atoms. The number of carboxylic acids is 1. The van der Waals surface area contributed by atoms with E-state index >= 15 is 0 Å². The minimum atomic E-state index is -0.989. The lowest BCUT2D eigenvalue weighted by Gasteiger charge is -2.35. The largest absolute Gasteiger partial charge is 0.478 e. The fourth-order valence-corrected chi connectivity index (χ4v) is 3.56. The topological polar surface area (TPSA) is 91.6 Å². The van der Waals surface area contributed by atoms with Crippen molar-refractivity contribution in [3.8, 4) is 0 Å². The van der Waals surface area contributed by atoms with E-state index in [2.05, 4.69) is 15.0 Å². The number of pyridine rings is 1. The summed E-state index contributed by atoms with van der Waals surface area (Å²) >= 11 is 0. The molecule has 0 atom stereocenters. The van der Waals surface area contributed by atoms with E-state index in [1.807, 2.05) is 40.9 Å². The third kappa shape index (κ3) is 3.40. The van der Waals surface area contributed by atoms with Crippen LogP contribution in [0.1, 0.15) is 16.1 Å². The Labute approximate surface area is 162 Å². The lowest BCUT2D eigenvalue weighted by molar-refractivity contribution is -0.130. The summed E-state index contributed by atoms with van der Waals surface area (Å²) in [6.45, 7) is 2.53. The van der Waals surface area contributed by atoms with Crippen LogP contribution in [0.2, 0.25) is 0 Å². The molecule has 8 nitrogen and oxygen atoms in total. The van der Waals surface area contributed by atoms with Crippen LogP contribution in [0.25, 0.3) is 10.9 Å². The molecule has 8 heteroatoms. The number of aromatic nitrogens is 3. The van der Waals surface area contributed by atoms with Crippen molar-refractivity contribution in [1.82, 2.24) is 19.7 Å². The summed E-state index contributed by atoms with van der Waals surface area (Å²) in [7, 11) is 1.89. The van der Waals surface area contributed by atoms with Gasteiger partial charge in [-0.3, -0.25) is 9.48 Å². The van der Waals surface area contributed by atoms with Gasteiger partial charge in [-0.05, 0) is 18.2 Å². The second-order valence-electron chi connectivity index (χ2n) is 6.84. The van der Waals surface area contributed by atoms with Gasteiger partial charge in [-0.15, -0.1) is 0 Å². The number of rotatable bonds is 4. The Hall–Kier alpha value is -3.42. The van der Waals surface area contributed by atoms with Gasteiger partial charge in [0, 0.05) is 44.8 Å². The number of hydrogen-bond acceptors (Lipinski definition) is 5. The number of amides is 1. The van der Waals surface area contributed by atoms with Crippen molar-refractivity contribution in [2.24, 2.45) is 7.05 Å². The first-order valence-corrected chi connectivity index (χ1v) is 9.15. The van der Waals surface area contributed by atoms with Crippen LogP contribution < -0.4 is 4.90 Å². The highest BCUT2D eigenvalue weighted by molar-refractivity contribution is 5.88. The maximum atomic E-state index is 12.8. The summed E-state index contributed by atoms with van der Waals surface area (Å²) in [5.41, 5.74) is 1.99. The number of carbonyl (C=O) groups excluding carboxylic acids is 1. The first kappa shape index (κ1) is 18.0. The van der Waals surface area contributed by atoms with Gasteiger partial charge in [0.25, 0.3) is 0 Å². The first-order valence-electron chi connectivity index (χ1n) is 9.15. The van der Waals surface area contributed by atoms with Gasteiger partial charge in [-0.1, -0.05) is 18.2 Å². The summed E-state index contributed by atoms with van der Waals surface area (Å²) in [4.78, 5) is 31.8. The number of carboxylic acid groups (broad SMARTS) is 1. The molecular formula is C20H21N5O3. The number of carbonyl (C=O) groups is 2. The standard InChI is InChI=1S/C20H21N5O3/c1-23-17-5-3-2-4-15(17)16(22-23)12-19(26)25-10-8-24(9-11-25)18-7-6-14(13-21-18)20(27)28/h2-7,13H,8-12H2,1H3,(H,27,28). The number of aromatic carboxylic acids is 1. The number of benzene rings is 1. The van der Waals surface area contributed by atoms with Gasteiger partial charge < -0.3 is 14.9 Å². The van der Waals surface area contributed by atoms with Crippen LogP contribution in [0.3, 0.4) is 0 Å². The molecule has 2 aromatic heterocycles. The lowest BCUT2D eigenvalue weighted by atomic mass is 10.1. The quantitative estimate of drug-likeness (QED) is 0.740. The zero-order chi connectivity index (χ0) is 19.7. The molecule has 3 heterocycles. The molecule has 0 radical (unpaired) electrons. The molecule has 144 valence electrons. The van der Waals surface area contributed by atoms with E-state index in [0.717, 1.165) is 22.4 Å². The van der Waals surface area contributed by atoms with Gasteiger partial charge in [0.2, 0.25) is 5.91 Å². The summed E-state index contributed by atoms with van der Waals surface area (Å²) < 4.78 is 1.81. The van der Waals surface area contributed by atoms with Crippen molar-refractivity contribution >= 4 is 28.6 Å². The lowest BCUT2D eigenvalue weighted by Crippen LogP contribution is -2.49. The van der Waals surface area contributed by atoms with Crippen LogP contribution in [-0.4, -0.2) is 62.8 Å². The highest BCUT2D eigenvalue weighted by Gasteiger charge is 2.23. The summed E-state index contributed by atoms with van der Waals surface area (Å²) in [5.74, 6) is -0.193. The Morgan fingerprint density at radius 1 is 1.07 bits per heavy atom. The Morgan fingerprint density at radius 2 is 1.82 bits per heavy atom. The number of piperazine rings is 1. The maximum absolute atomic E-state index is 12.8. The summed E-state index contributed by atoms with van der Waals surface area (Å²) in [6, 6.07) is 11.2. The molecule has 1 aliphatic rings. The molecule has 0 aliphatic carbocycles. The van der Waals surface area contributed by atoms with Crippen molar-refractivity contribution < 1.29 is 14.7 Å². The third-order valence-electron chi connectivity index (χ3n) is 5.10. The van der Waals surface area contributed by atoms with Gasteiger partial charge in [0.1, 0.15) is 5.82 Å². The zero-order valence-electron chi connectivity index (χ0n) is 15.6. The van der Waals surface area contributed by atoms with Crippen molar-refractivity contribution in [2.45, 2.75) is 6.42 Å². The highest BCUT2D eigenvalue weighted by atomic mass is 16.4. The van der Waals surface area contributed by atoms with Gasteiger partial charge in [0.15, 0.2) is 0 Å².